The molecule has 0 unspecified atom stereocenters. The molecule has 0 heterocycles. The molecule has 0 aliphatic rings. The second-order valence-electron chi connectivity index (χ2n) is 4.50. The molecule has 1 aromatic carbocycles. The SMILES string of the molecule is CC(C)N(CCC#N)Cc1ccc(Br)cc1[N+](=O)[O-]. The van der Waals surface area contributed by atoms with Gasteiger partial charge in [0.15, 0.2) is 0 Å². The summed E-state index contributed by atoms with van der Waals surface area (Å²) in [5, 5.41) is 19.7. The summed E-state index contributed by atoms with van der Waals surface area (Å²) in [5.41, 5.74) is 0.775. The minimum atomic E-state index is -0.372. The molecule has 0 spiro atoms. The average molecular weight is 326 g/mol. The second kappa shape index (κ2) is 7.22. The van der Waals surface area contributed by atoms with E-state index in [9.17, 15) is 10.1 Å². The molecule has 6 heteroatoms. The van der Waals surface area contributed by atoms with Gasteiger partial charge in [-0.15, -0.1) is 0 Å². The largest absolute Gasteiger partial charge is 0.295 e. The lowest BCUT2D eigenvalue weighted by molar-refractivity contribution is -0.385. The molecule has 19 heavy (non-hydrogen) atoms. The molecule has 102 valence electrons. The molecule has 1 aromatic rings. The fourth-order valence-electron chi connectivity index (χ4n) is 1.77. The van der Waals surface area contributed by atoms with E-state index in [1.54, 1.807) is 12.1 Å². The fourth-order valence-corrected chi connectivity index (χ4v) is 2.12. The third-order valence-corrected chi connectivity index (χ3v) is 3.35. The van der Waals surface area contributed by atoms with E-state index in [-0.39, 0.29) is 16.7 Å². The third-order valence-electron chi connectivity index (χ3n) is 2.86. The van der Waals surface area contributed by atoms with Crippen LogP contribution in [0.5, 0.6) is 0 Å². The molecule has 0 saturated carbocycles. The van der Waals surface area contributed by atoms with Gasteiger partial charge in [0.2, 0.25) is 0 Å². The Hall–Kier alpha value is -1.45. The van der Waals surface area contributed by atoms with Crippen LogP contribution in [0.25, 0.3) is 0 Å². The maximum atomic E-state index is 11.1. The van der Waals surface area contributed by atoms with Gasteiger partial charge >= 0.3 is 0 Å². The first-order chi connectivity index (χ1) is 8.95. The molecular weight excluding hydrogens is 310 g/mol. The van der Waals surface area contributed by atoms with Gasteiger partial charge in [0.1, 0.15) is 0 Å². The van der Waals surface area contributed by atoms with Gasteiger partial charge in [-0.1, -0.05) is 15.9 Å². The zero-order chi connectivity index (χ0) is 14.4. The van der Waals surface area contributed by atoms with Crippen LogP contribution >= 0.6 is 15.9 Å². The molecule has 0 aliphatic heterocycles. The van der Waals surface area contributed by atoms with Crippen molar-refractivity contribution in [2.24, 2.45) is 0 Å². The van der Waals surface area contributed by atoms with Crippen LogP contribution in [0.3, 0.4) is 0 Å². The summed E-state index contributed by atoms with van der Waals surface area (Å²) in [4.78, 5) is 12.7. The van der Waals surface area contributed by atoms with Gasteiger partial charge in [0, 0.05) is 41.7 Å². The third kappa shape index (κ3) is 4.62. The number of hydrogen-bond acceptors (Lipinski definition) is 4. The lowest BCUT2D eigenvalue weighted by Gasteiger charge is -2.25. The highest BCUT2D eigenvalue weighted by atomic mass is 79.9. The molecule has 0 saturated heterocycles. The Kier molecular flexibility index (Phi) is 5.93. The Balaban J connectivity index is 2.96. The molecule has 0 fully saturated rings. The molecule has 0 atom stereocenters. The number of rotatable bonds is 6. The summed E-state index contributed by atoms with van der Waals surface area (Å²) in [6.45, 7) is 5.12. The molecular formula is C13H16BrN3O2. The van der Waals surface area contributed by atoms with Crippen molar-refractivity contribution >= 4 is 21.6 Å². The predicted octanol–water partition coefficient (Wildman–Crippen LogP) is 3.48. The highest BCUT2D eigenvalue weighted by molar-refractivity contribution is 9.10. The van der Waals surface area contributed by atoms with Gasteiger partial charge in [0.25, 0.3) is 5.69 Å². The fraction of sp³-hybridized carbons (Fsp3) is 0.462. The highest BCUT2D eigenvalue weighted by Gasteiger charge is 2.18. The number of nitro groups is 1. The predicted molar refractivity (Wildman–Crippen MR) is 76.6 cm³/mol. The van der Waals surface area contributed by atoms with E-state index >= 15 is 0 Å². The maximum absolute atomic E-state index is 11.1. The first-order valence-corrected chi connectivity index (χ1v) is 6.78. The topological polar surface area (TPSA) is 70.2 Å². The van der Waals surface area contributed by atoms with Crippen LogP contribution in [0.2, 0.25) is 0 Å². The smallest absolute Gasteiger partial charge is 0.275 e. The summed E-state index contributed by atoms with van der Waals surface area (Å²) < 4.78 is 0.691. The molecule has 0 bridgehead atoms. The first kappa shape index (κ1) is 15.6. The van der Waals surface area contributed by atoms with E-state index in [0.29, 0.717) is 29.5 Å². The quantitative estimate of drug-likeness (QED) is 0.593. The number of benzene rings is 1. The van der Waals surface area contributed by atoms with E-state index in [4.69, 9.17) is 5.26 Å². The first-order valence-electron chi connectivity index (χ1n) is 5.99. The molecule has 0 radical (unpaired) electrons. The molecule has 0 amide bonds. The molecule has 5 nitrogen and oxygen atoms in total. The van der Waals surface area contributed by atoms with E-state index in [1.807, 2.05) is 13.8 Å². The van der Waals surface area contributed by atoms with Crippen molar-refractivity contribution in [2.45, 2.75) is 32.9 Å². The summed E-state index contributed by atoms with van der Waals surface area (Å²) >= 11 is 3.24. The van der Waals surface area contributed by atoms with Crippen molar-refractivity contribution in [1.29, 1.82) is 5.26 Å². The van der Waals surface area contributed by atoms with Crippen molar-refractivity contribution < 1.29 is 4.92 Å². The van der Waals surface area contributed by atoms with Crippen LogP contribution in [-0.4, -0.2) is 22.4 Å². The highest BCUT2D eigenvalue weighted by Crippen LogP contribution is 2.25. The van der Waals surface area contributed by atoms with Crippen LogP contribution in [0.15, 0.2) is 22.7 Å². The van der Waals surface area contributed by atoms with Crippen molar-refractivity contribution in [2.75, 3.05) is 6.54 Å². The van der Waals surface area contributed by atoms with Gasteiger partial charge in [-0.3, -0.25) is 15.0 Å². The number of hydrogen-bond donors (Lipinski definition) is 0. The molecule has 0 N–H and O–H groups in total. The van der Waals surface area contributed by atoms with Crippen LogP contribution in [-0.2, 0) is 6.54 Å². The van der Waals surface area contributed by atoms with Crippen LogP contribution in [0.1, 0.15) is 25.8 Å². The van der Waals surface area contributed by atoms with E-state index in [0.717, 1.165) is 0 Å². The van der Waals surface area contributed by atoms with Gasteiger partial charge in [-0.25, -0.2) is 0 Å². The van der Waals surface area contributed by atoms with Crippen LogP contribution in [0, 0.1) is 21.4 Å². The second-order valence-corrected chi connectivity index (χ2v) is 5.42. The van der Waals surface area contributed by atoms with Crippen molar-refractivity contribution in [3.05, 3.63) is 38.3 Å². The summed E-state index contributed by atoms with van der Waals surface area (Å²) in [5.74, 6) is 0. The van der Waals surface area contributed by atoms with Gasteiger partial charge in [-0.2, -0.15) is 5.26 Å². The standard InChI is InChI=1S/C13H16BrN3O2/c1-10(2)16(7-3-6-15)9-11-4-5-12(14)8-13(11)17(18)19/h4-5,8,10H,3,7,9H2,1-2H3. The lowest BCUT2D eigenvalue weighted by Crippen LogP contribution is -2.31. The summed E-state index contributed by atoms with van der Waals surface area (Å²) in [7, 11) is 0. The van der Waals surface area contributed by atoms with Gasteiger partial charge in [-0.05, 0) is 26.0 Å². The summed E-state index contributed by atoms with van der Waals surface area (Å²) in [6, 6.07) is 7.40. The Morgan fingerprint density at radius 1 is 1.53 bits per heavy atom. The maximum Gasteiger partial charge on any atom is 0.275 e. The van der Waals surface area contributed by atoms with E-state index in [1.165, 1.54) is 6.07 Å². The van der Waals surface area contributed by atoms with Crippen molar-refractivity contribution in [1.82, 2.24) is 4.90 Å². The monoisotopic (exact) mass is 325 g/mol. The minimum absolute atomic E-state index is 0.108. The van der Waals surface area contributed by atoms with E-state index in [2.05, 4.69) is 26.9 Å². The lowest BCUT2D eigenvalue weighted by atomic mass is 10.1. The number of nitrogens with zero attached hydrogens (tertiary/aromatic N) is 3. The van der Waals surface area contributed by atoms with Crippen molar-refractivity contribution in [3.8, 4) is 6.07 Å². The van der Waals surface area contributed by atoms with E-state index < -0.39 is 0 Å². The molecule has 0 aromatic heterocycles. The molecule has 0 aliphatic carbocycles. The summed E-state index contributed by atoms with van der Waals surface area (Å²) in [6.07, 6.45) is 0.419. The number of nitro benzene ring substituents is 1. The van der Waals surface area contributed by atoms with Crippen molar-refractivity contribution in [3.63, 3.8) is 0 Å². The zero-order valence-corrected chi connectivity index (χ0v) is 12.6. The average Bonchev–Trinajstić information content (AvgIpc) is 2.35. The number of nitriles is 1. The Labute approximate surface area is 121 Å². The minimum Gasteiger partial charge on any atom is -0.295 e. The van der Waals surface area contributed by atoms with Gasteiger partial charge < -0.3 is 0 Å². The van der Waals surface area contributed by atoms with Gasteiger partial charge in [0.05, 0.1) is 11.0 Å². The van der Waals surface area contributed by atoms with Crippen LogP contribution < -0.4 is 0 Å². The Bertz CT molecular complexity index is 497. The number of halogens is 1. The zero-order valence-electron chi connectivity index (χ0n) is 11.0. The normalized spacial score (nSPS) is 10.7. The Morgan fingerprint density at radius 3 is 2.74 bits per heavy atom. The molecule has 1 rings (SSSR count). The van der Waals surface area contributed by atoms with Crippen LogP contribution in [0.4, 0.5) is 5.69 Å². The Morgan fingerprint density at radius 2 is 2.21 bits per heavy atom.